The third-order valence-electron chi connectivity index (χ3n) is 2.06. The fraction of sp³-hybridized carbons (Fsp3) is 0.455. The molecular weight excluding hydrogens is 242 g/mol. The minimum Gasteiger partial charge on any atom is -0.396 e. The Hall–Kier alpha value is -0.540. The molecule has 0 unspecified atom stereocenters. The lowest BCUT2D eigenvalue weighted by Crippen LogP contribution is -2.31. The molecule has 0 heterocycles. The molecule has 0 fully saturated rings. The van der Waals surface area contributed by atoms with Crippen LogP contribution in [0.2, 0.25) is 0 Å². The van der Waals surface area contributed by atoms with Gasteiger partial charge in [-0.25, -0.2) is 0 Å². The number of hydrogen-bond acceptors (Lipinski definition) is 2. The summed E-state index contributed by atoms with van der Waals surface area (Å²) in [6, 6.07) is 8.03. The van der Waals surface area contributed by atoms with Crippen molar-refractivity contribution in [1.29, 1.82) is 0 Å². The van der Waals surface area contributed by atoms with Crippen molar-refractivity contribution in [2.45, 2.75) is 25.8 Å². The van der Waals surface area contributed by atoms with Gasteiger partial charge in [-0.05, 0) is 44.5 Å². The van der Waals surface area contributed by atoms with E-state index in [-0.39, 0.29) is 12.1 Å². The van der Waals surface area contributed by atoms with E-state index < -0.39 is 0 Å². The lowest BCUT2D eigenvalue weighted by Gasteiger charge is -2.26. The summed E-state index contributed by atoms with van der Waals surface area (Å²) in [5.41, 5.74) is 1.01. The summed E-state index contributed by atoms with van der Waals surface area (Å²) >= 11 is 3.39. The van der Waals surface area contributed by atoms with Gasteiger partial charge in [0, 0.05) is 22.3 Å². The van der Waals surface area contributed by atoms with Gasteiger partial charge in [0.05, 0.1) is 0 Å². The highest BCUT2D eigenvalue weighted by Gasteiger charge is 2.15. The molecule has 0 radical (unpaired) electrons. The fourth-order valence-corrected chi connectivity index (χ4v) is 1.53. The molecule has 0 amide bonds. The molecule has 0 saturated heterocycles. The van der Waals surface area contributed by atoms with Gasteiger partial charge in [0.2, 0.25) is 0 Å². The van der Waals surface area contributed by atoms with Gasteiger partial charge < -0.3 is 10.4 Å². The Morgan fingerprint density at radius 3 is 2.36 bits per heavy atom. The maximum absolute atomic E-state index is 8.88. The monoisotopic (exact) mass is 257 g/mol. The zero-order valence-electron chi connectivity index (χ0n) is 8.55. The maximum Gasteiger partial charge on any atom is 0.0453 e. The van der Waals surface area contributed by atoms with Crippen molar-refractivity contribution in [2.75, 3.05) is 11.9 Å². The highest BCUT2D eigenvalue weighted by Crippen LogP contribution is 2.19. The highest BCUT2D eigenvalue weighted by molar-refractivity contribution is 9.10. The first-order valence-corrected chi connectivity index (χ1v) is 5.47. The Morgan fingerprint density at radius 2 is 1.86 bits per heavy atom. The Kier molecular flexibility index (Phi) is 3.96. The van der Waals surface area contributed by atoms with Gasteiger partial charge >= 0.3 is 0 Å². The third-order valence-corrected chi connectivity index (χ3v) is 2.59. The van der Waals surface area contributed by atoms with E-state index in [1.165, 1.54) is 0 Å². The SMILES string of the molecule is CC(C)(CCO)Nc1ccc(Br)cc1. The zero-order chi connectivity index (χ0) is 10.6. The number of halogens is 1. The lowest BCUT2D eigenvalue weighted by molar-refractivity contribution is 0.261. The van der Waals surface area contributed by atoms with Crippen LogP contribution in [-0.4, -0.2) is 17.3 Å². The molecule has 3 heteroatoms. The second-order valence-electron chi connectivity index (χ2n) is 3.99. The predicted octanol–water partition coefficient (Wildman–Crippen LogP) is 3.02. The van der Waals surface area contributed by atoms with Crippen LogP contribution < -0.4 is 5.32 Å². The van der Waals surface area contributed by atoms with E-state index in [1.807, 2.05) is 24.3 Å². The number of rotatable bonds is 4. The Labute approximate surface area is 93.5 Å². The van der Waals surface area contributed by atoms with Gasteiger partial charge in [-0.1, -0.05) is 15.9 Å². The molecule has 2 nitrogen and oxygen atoms in total. The van der Waals surface area contributed by atoms with E-state index >= 15 is 0 Å². The van der Waals surface area contributed by atoms with Crippen LogP contribution in [0, 0.1) is 0 Å². The topological polar surface area (TPSA) is 32.3 Å². The van der Waals surface area contributed by atoms with Gasteiger partial charge in [-0.15, -0.1) is 0 Å². The molecule has 2 N–H and O–H groups in total. The van der Waals surface area contributed by atoms with Gasteiger partial charge in [-0.3, -0.25) is 0 Å². The lowest BCUT2D eigenvalue weighted by atomic mass is 10.0. The van der Waals surface area contributed by atoms with E-state index in [0.717, 1.165) is 16.6 Å². The number of anilines is 1. The van der Waals surface area contributed by atoms with Crippen LogP contribution in [0.1, 0.15) is 20.3 Å². The summed E-state index contributed by atoms with van der Waals surface area (Å²) in [6.45, 7) is 4.35. The van der Waals surface area contributed by atoms with Crippen molar-refractivity contribution in [3.8, 4) is 0 Å². The summed E-state index contributed by atoms with van der Waals surface area (Å²) in [5, 5.41) is 12.2. The summed E-state index contributed by atoms with van der Waals surface area (Å²) in [5.74, 6) is 0. The number of hydrogen-bond donors (Lipinski definition) is 2. The molecule has 0 aliphatic carbocycles. The average molecular weight is 258 g/mol. The van der Waals surface area contributed by atoms with Crippen molar-refractivity contribution in [3.63, 3.8) is 0 Å². The second kappa shape index (κ2) is 4.80. The van der Waals surface area contributed by atoms with Crippen molar-refractivity contribution >= 4 is 21.6 Å². The van der Waals surface area contributed by atoms with Crippen LogP contribution in [0.4, 0.5) is 5.69 Å². The van der Waals surface area contributed by atoms with Gasteiger partial charge in [-0.2, -0.15) is 0 Å². The van der Waals surface area contributed by atoms with Gasteiger partial charge in [0.25, 0.3) is 0 Å². The normalized spacial score (nSPS) is 11.4. The molecule has 1 aromatic rings. The van der Waals surface area contributed by atoms with Crippen LogP contribution in [0.5, 0.6) is 0 Å². The van der Waals surface area contributed by atoms with E-state index in [2.05, 4.69) is 35.1 Å². The first kappa shape index (κ1) is 11.5. The quantitative estimate of drug-likeness (QED) is 0.870. The van der Waals surface area contributed by atoms with Crippen LogP contribution in [0.3, 0.4) is 0 Å². The highest BCUT2D eigenvalue weighted by atomic mass is 79.9. The van der Waals surface area contributed by atoms with Crippen LogP contribution in [0.15, 0.2) is 28.7 Å². The molecule has 14 heavy (non-hydrogen) atoms. The molecule has 78 valence electrons. The molecule has 0 spiro atoms. The Balaban J connectivity index is 2.64. The van der Waals surface area contributed by atoms with Crippen LogP contribution in [0.25, 0.3) is 0 Å². The van der Waals surface area contributed by atoms with E-state index in [4.69, 9.17) is 5.11 Å². The number of benzene rings is 1. The van der Waals surface area contributed by atoms with Crippen molar-refractivity contribution in [1.82, 2.24) is 0 Å². The number of aliphatic hydroxyl groups excluding tert-OH is 1. The van der Waals surface area contributed by atoms with Crippen LogP contribution in [-0.2, 0) is 0 Å². The van der Waals surface area contributed by atoms with Crippen LogP contribution >= 0.6 is 15.9 Å². The molecular formula is C11H16BrNO. The predicted molar refractivity (Wildman–Crippen MR) is 63.5 cm³/mol. The second-order valence-corrected chi connectivity index (χ2v) is 4.91. The molecule has 0 aliphatic heterocycles. The molecule has 0 saturated carbocycles. The van der Waals surface area contributed by atoms with Crippen molar-refractivity contribution in [3.05, 3.63) is 28.7 Å². The largest absolute Gasteiger partial charge is 0.396 e. The van der Waals surface area contributed by atoms with E-state index in [9.17, 15) is 0 Å². The molecule has 0 bridgehead atoms. The summed E-state index contributed by atoms with van der Waals surface area (Å²) in [4.78, 5) is 0. The fourth-order valence-electron chi connectivity index (χ4n) is 1.27. The smallest absolute Gasteiger partial charge is 0.0453 e. The van der Waals surface area contributed by atoms with E-state index in [1.54, 1.807) is 0 Å². The molecule has 0 atom stereocenters. The molecule has 1 aromatic carbocycles. The minimum absolute atomic E-state index is 0.0669. The van der Waals surface area contributed by atoms with Gasteiger partial charge in [0.1, 0.15) is 0 Å². The Bertz CT molecular complexity index is 282. The third kappa shape index (κ3) is 3.68. The summed E-state index contributed by atoms with van der Waals surface area (Å²) < 4.78 is 1.07. The average Bonchev–Trinajstić information content (AvgIpc) is 2.08. The number of nitrogens with one attached hydrogen (secondary N) is 1. The van der Waals surface area contributed by atoms with Crippen molar-refractivity contribution < 1.29 is 5.11 Å². The molecule has 1 rings (SSSR count). The summed E-state index contributed by atoms with van der Waals surface area (Å²) in [7, 11) is 0. The molecule has 0 aliphatic rings. The first-order valence-electron chi connectivity index (χ1n) is 4.68. The first-order chi connectivity index (χ1) is 6.53. The van der Waals surface area contributed by atoms with Gasteiger partial charge in [0.15, 0.2) is 0 Å². The summed E-state index contributed by atoms with van der Waals surface area (Å²) in [6.07, 6.45) is 0.739. The standard InChI is InChI=1S/C11H16BrNO/c1-11(2,7-8-14)13-10-5-3-9(12)4-6-10/h3-6,13-14H,7-8H2,1-2H3. The maximum atomic E-state index is 8.88. The van der Waals surface area contributed by atoms with Crippen molar-refractivity contribution in [2.24, 2.45) is 0 Å². The minimum atomic E-state index is -0.0669. The zero-order valence-corrected chi connectivity index (χ0v) is 10.1. The van der Waals surface area contributed by atoms with E-state index in [0.29, 0.717) is 0 Å². The number of aliphatic hydroxyl groups is 1. The molecule has 0 aromatic heterocycles. The Morgan fingerprint density at radius 1 is 1.29 bits per heavy atom.